The Bertz CT molecular complexity index is 1490. The van der Waals surface area contributed by atoms with Crippen LogP contribution in [0.15, 0.2) is 82.7 Å². The molecule has 0 radical (unpaired) electrons. The zero-order valence-electron chi connectivity index (χ0n) is 19.1. The Morgan fingerprint density at radius 3 is 2.41 bits per heavy atom. The zero-order chi connectivity index (χ0) is 24.3. The van der Waals surface area contributed by atoms with Crippen LogP contribution in [0.25, 0.3) is 10.2 Å². The minimum absolute atomic E-state index is 0.102. The molecule has 0 aliphatic heterocycles. The van der Waals surface area contributed by atoms with Crippen molar-refractivity contribution in [3.63, 3.8) is 0 Å². The Morgan fingerprint density at radius 1 is 1.06 bits per heavy atom. The van der Waals surface area contributed by atoms with Gasteiger partial charge in [0.2, 0.25) is 0 Å². The van der Waals surface area contributed by atoms with Gasteiger partial charge in [-0.1, -0.05) is 36.5 Å². The molecule has 0 bridgehead atoms. The van der Waals surface area contributed by atoms with Crippen molar-refractivity contribution >= 4 is 43.2 Å². The van der Waals surface area contributed by atoms with Crippen molar-refractivity contribution in [2.75, 3.05) is 18.5 Å². The summed E-state index contributed by atoms with van der Waals surface area (Å²) >= 11 is 1.42. The van der Waals surface area contributed by atoms with Crippen LogP contribution in [0.4, 0.5) is 5.69 Å². The van der Waals surface area contributed by atoms with E-state index < -0.39 is 15.9 Å². The monoisotopic (exact) mass is 495 g/mol. The average molecular weight is 496 g/mol. The first-order valence-corrected chi connectivity index (χ1v) is 13.0. The molecule has 4 rings (SSSR count). The van der Waals surface area contributed by atoms with Gasteiger partial charge < -0.3 is 9.30 Å². The lowest BCUT2D eigenvalue weighted by Crippen LogP contribution is -2.26. The minimum Gasteiger partial charge on any atom is -0.497 e. The fourth-order valence-corrected chi connectivity index (χ4v) is 5.84. The third-order valence-electron chi connectivity index (χ3n) is 5.41. The van der Waals surface area contributed by atoms with Crippen LogP contribution in [0.1, 0.15) is 23.7 Å². The number of fused-ring (bicyclic) bond motifs is 1. The van der Waals surface area contributed by atoms with E-state index in [2.05, 4.69) is 11.9 Å². The molecule has 7 nitrogen and oxygen atoms in total. The predicted molar refractivity (Wildman–Crippen MR) is 135 cm³/mol. The average Bonchev–Trinajstić information content (AvgIpc) is 3.20. The Morgan fingerprint density at radius 2 is 1.76 bits per heavy atom. The van der Waals surface area contributed by atoms with E-state index in [4.69, 9.17) is 4.74 Å². The summed E-state index contributed by atoms with van der Waals surface area (Å²) in [6.07, 6.45) is 0.890. The Kier molecular flexibility index (Phi) is 6.85. The summed E-state index contributed by atoms with van der Waals surface area (Å²) in [5.74, 6) is 0.316. The Balaban J connectivity index is 1.66. The second-order valence-electron chi connectivity index (χ2n) is 7.62. The molecule has 34 heavy (non-hydrogen) atoms. The smallest absolute Gasteiger partial charge is 0.279 e. The number of benzene rings is 3. The number of ether oxygens (including phenoxy) is 1. The number of hydrogen-bond acceptors (Lipinski definition) is 5. The lowest BCUT2D eigenvalue weighted by molar-refractivity contribution is 0.0997. The van der Waals surface area contributed by atoms with Gasteiger partial charge in [0, 0.05) is 19.2 Å². The van der Waals surface area contributed by atoms with E-state index in [0.29, 0.717) is 16.1 Å². The molecule has 0 spiro atoms. The SMILES string of the molecule is CCCn1c(=NC(=O)c2ccc(S(=O)(=O)N(C)c3ccccc3)cc2)sc2cc(OC)ccc21. The van der Waals surface area contributed by atoms with Gasteiger partial charge in [-0.25, -0.2) is 8.42 Å². The van der Waals surface area contributed by atoms with Crippen molar-refractivity contribution in [1.82, 2.24) is 4.57 Å². The fourth-order valence-electron chi connectivity index (χ4n) is 3.56. The molecule has 3 aromatic carbocycles. The number of sulfonamides is 1. The first-order valence-electron chi connectivity index (χ1n) is 10.8. The molecule has 0 aliphatic rings. The zero-order valence-corrected chi connectivity index (χ0v) is 20.8. The third kappa shape index (κ3) is 4.62. The predicted octanol–water partition coefficient (Wildman–Crippen LogP) is 4.69. The molecule has 0 saturated heterocycles. The largest absolute Gasteiger partial charge is 0.497 e. The van der Waals surface area contributed by atoms with Crippen LogP contribution in [0.5, 0.6) is 5.75 Å². The summed E-state index contributed by atoms with van der Waals surface area (Å²) in [5, 5.41) is 0. The van der Waals surface area contributed by atoms with Gasteiger partial charge in [0.05, 0.1) is 27.9 Å². The normalized spacial score (nSPS) is 12.1. The standard InChI is InChI=1S/C25H25N3O4S2/c1-4-16-28-22-15-12-20(32-3)17-23(22)33-25(28)26-24(29)18-10-13-21(14-11-18)34(30,31)27(2)19-8-6-5-7-9-19/h5-15,17H,4,16H2,1-3H3. The minimum atomic E-state index is -3.75. The topological polar surface area (TPSA) is 81.0 Å². The van der Waals surface area contributed by atoms with E-state index in [1.165, 1.54) is 47.0 Å². The summed E-state index contributed by atoms with van der Waals surface area (Å²) < 4.78 is 35.5. The van der Waals surface area contributed by atoms with E-state index in [-0.39, 0.29) is 4.90 Å². The number of anilines is 1. The third-order valence-corrected chi connectivity index (χ3v) is 8.25. The van der Waals surface area contributed by atoms with E-state index >= 15 is 0 Å². The van der Waals surface area contributed by atoms with Crippen molar-refractivity contribution in [3.8, 4) is 5.75 Å². The van der Waals surface area contributed by atoms with Gasteiger partial charge in [-0.05, 0) is 61.0 Å². The van der Waals surface area contributed by atoms with E-state index in [1.807, 2.05) is 28.8 Å². The number of carbonyl (C=O) groups is 1. The molecule has 1 aromatic heterocycles. The molecule has 0 aliphatic carbocycles. The number of rotatable bonds is 7. The van der Waals surface area contributed by atoms with Crippen LogP contribution in [0.2, 0.25) is 0 Å². The molecule has 0 unspecified atom stereocenters. The molecular formula is C25H25N3O4S2. The van der Waals surface area contributed by atoms with Crippen LogP contribution >= 0.6 is 11.3 Å². The molecule has 0 atom stereocenters. The van der Waals surface area contributed by atoms with Gasteiger partial charge in [-0.3, -0.25) is 9.10 Å². The molecule has 0 N–H and O–H groups in total. The number of aryl methyl sites for hydroxylation is 1. The van der Waals surface area contributed by atoms with Gasteiger partial charge in [-0.15, -0.1) is 0 Å². The van der Waals surface area contributed by atoms with Crippen molar-refractivity contribution in [2.45, 2.75) is 24.8 Å². The summed E-state index contributed by atoms with van der Waals surface area (Å²) in [4.78, 5) is 18.0. The second kappa shape index (κ2) is 9.82. The number of aromatic nitrogens is 1. The summed E-state index contributed by atoms with van der Waals surface area (Å²) in [5.41, 5.74) is 1.86. The molecule has 1 heterocycles. The highest BCUT2D eigenvalue weighted by atomic mass is 32.2. The fraction of sp³-hybridized carbons (Fsp3) is 0.200. The quantitative estimate of drug-likeness (QED) is 0.373. The van der Waals surface area contributed by atoms with Crippen LogP contribution in [-0.4, -0.2) is 33.0 Å². The molecule has 0 saturated carbocycles. The van der Waals surface area contributed by atoms with E-state index in [9.17, 15) is 13.2 Å². The number of amides is 1. The van der Waals surface area contributed by atoms with Gasteiger partial charge in [0.15, 0.2) is 4.80 Å². The van der Waals surface area contributed by atoms with E-state index in [0.717, 1.165) is 28.9 Å². The molecule has 9 heteroatoms. The van der Waals surface area contributed by atoms with Gasteiger partial charge in [0.25, 0.3) is 15.9 Å². The van der Waals surface area contributed by atoms with Crippen molar-refractivity contribution in [1.29, 1.82) is 0 Å². The molecule has 176 valence electrons. The number of thiazole rings is 1. The molecule has 1 amide bonds. The first-order chi connectivity index (χ1) is 16.3. The summed E-state index contributed by atoms with van der Waals surface area (Å²) in [7, 11) is -0.636. The molecule has 0 fully saturated rings. The van der Waals surface area contributed by atoms with Crippen LogP contribution in [-0.2, 0) is 16.6 Å². The van der Waals surface area contributed by atoms with Crippen LogP contribution < -0.4 is 13.8 Å². The lowest BCUT2D eigenvalue weighted by Gasteiger charge is -2.19. The van der Waals surface area contributed by atoms with Crippen LogP contribution in [0, 0.1) is 0 Å². The highest BCUT2D eigenvalue weighted by Gasteiger charge is 2.21. The molecular weight excluding hydrogens is 470 g/mol. The highest BCUT2D eigenvalue weighted by molar-refractivity contribution is 7.92. The maximum atomic E-state index is 13.0. The number of nitrogens with zero attached hydrogens (tertiary/aromatic N) is 3. The van der Waals surface area contributed by atoms with Gasteiger partial charge in [-0.2, -0.15) is 4.99 Å². The van der Waals surface area contributed by atoms with E-state index in [1.54, 1.807) is 31.4 Å². The van der Waals surface area contributed by atoms with Gasteiger partial charge >= 0.3 is 0 Å². The van der Waals surface area contributed by atoms with Crippen molar-refractivity contribution in [2.24, 2.45) is 4.99 Å². The summed E-state index contributed by atoms with van der Waals surface area (Å²) in [6, 6.07) is 20.5. The second-order valence-corrected chi connectivity index (χ2v) is 10.6. The number of para-hydroxylation sites is 1. The number of hydrogen-bond donors (Lipinski definition) is 0. The van der Waals surface area contributed by atoms with Crippen molar-refractivity contribution in [3.05, 3.63) is 83.2 Å². The lowest BCUT2D eigenvalue weighted by atomic mass is 10.2. The summed E-state index contributed by atoms with van der Waals surface area (Å²) in [6.45, 7) is 2.79. The Hall–Kier alpha value is -3.43. The number of carbonyl (C=O) groups excluding carboxylic acids is 1. The van der Waals surface area contributed by atoms with Gasteiger partial charge in [0.1, 0.15) is 5.75 Å². The first kappa shape index (κ1) is 23.7. The Labute approximate surface area is 202 Å². The maximum absolute atomic E-state index is 13.0. The maximum Gasteiger partial charge on any atom is 0.279 e. The van der Waals surface area contributed by atoms with Crippen LogP contribution in [0.3, 0.4) is 0 Å². The highest BCUT2D eigenvalue weighted by Crippen LogP contribution is 2.24. The number of methoxy groups -OCH3 is 1. The molecule has 4 aromatic rings. The van der Waals surface area contributed by atoms with Crippen molar-refractivity contribution < 1.29 is 17.9 Å².